The highest BCUT2D eigenvalue weighted by Gasteiger charge is 2.18. The second-order valence-electron chi connectivity index (χ2n) is 6.67. The second kappa shape index (κ2) is 8.96. The molecule has 0 aliphatic carbocycles. The van der Waals surface area contributed by atoms with Crippen molar-refractivity contribution in [3.63, 3.8) is 0 Å². The second-order valence-corrected chi connectivity index (χ2v) is 8.35. The maximum Gasteiger partial charge on any atom is 0.265 e. The summed E-state index contributed by atoms with van der Waals surface area (Å²) in [4.78, 5) is 12.3. The molecule has 3 aromatic carbocycles. The molecular formula is C22H21FN2O4S. The Morgan fingerprint density at radius 2 is 1.60 bits per heavy atom. The molecule has 3 rings (SSSR count). The summed E-state index contributed by atoms with van der Waals surface area (Å²) in [5.41, 5.74) is 1.35. The van der Waals surface area contributed by atoms with Crippen molar-refractivity contribution in [2.45, 2.75) is 24.8 Å². The Hall–Kier alpha value is -3.39. The Balaban J connectivity index is 1.64. The first kappa shape index (κ1) is 21.3. The number of carbonyl (C=O) groups excluding carboxylic acids is 1. The molecule has 0 bridgehead atoms. The van der Waals surface area contributed by atoms with Gasteiger partial charge in [-0.2, -0.15) is 0 Å². The van der Waals surface area contributed by atoms with E-state index in [9.17, 15) is 17.6 Å². The van der Waals surface area contributed by atoms with Crippen LogP contribution in [0.1, 0.15) is 12.5 Å². The number of halogens is 1. The van der Waals surface area contributed by atoms with Gasteiger partial charge in [0.15, 0.2) is 6.10 Å². The van der Waals surface area contributed by atoms with E-state index in [0.29, 0.717) is 11.4 Å². The Labute approximate surface area is 174 Å². The van der Waals surface area contributed by atoms with Crippen molar-refractivity contribution in [2.75, 3.05) is 10.0 Å². The highest BCUT2D eigenvalue weighted by atomic mass is 32.2. The summed E-state index contributed by atoms with van der Waals surface area (Å²) in [5, 5.41) is 2.67. The molecular weight excluding hydrogens is 407 g/mol. The zero-order valence-electron chi connectivity index (χ0n) is 16.4. The number of ether oxygens (including phenoxy) is 1. The SMILES string of the molecule is Cc1ccc(O[C@@H](C)C(=O)Nc2ccc(S(=O)(=O)Nc3ccccc3F)cc2)cc1. The van der Waals surface area contributed by atoms with Gasteiger partial charge in [-0.3, -0.25) is 9.52 Å². The molecule has 3 aromatic rings. The first-order valence-corrected chi connectivity index (χ1v) is 10.6. The zero-order valence-corrected chi connectivity index (χ0v) is 17.2. The maximum absolute atomic E-state index is 13.7. The van der Waals surface area contributed by atoms with Gasteiger partial charge in [0.2, 0.25) is 0 Å². The van der Waals surface area contributed by atoms with Gasteiger partial charge in [-0.05, 0) is 62.4 Å². The maximum atomic E-state index is 13.7. The Morgan fingerprint density at radius 1 is 0.967 bits per heavy atom. The van der Waals surface area contributed by atoms with Gasteiger partial charge in [-0.25, -0.2) is 12.8 Å². The fourth-order valence-electron chi connectivity index (χ4n) is 2.58. The molecule has 8 heteroatoms. The Bertz CT molecular complexity index is 1130. The third-order valence-electron chi connectivity index (χ3n) is 4.25. The van der Waals surface area contributed by atoms with Crippen molar-refractivity contribution in [1.82, 2.24) is 0 Å². The zero-order chi connectivity index (χ0) is 21.7. The van der Waals surface area contributed by atoms with Crippen LogP contribution in [0.5, 0.6) is 5.75 Å². The van der Waals surface area contributed by atoms with Crippen LogP contribution in [0.2, 0.25) is 0 Å². The number of carbonyl (C=O) groups is 1. The van der Waals surface area contributed by atoms with E-state index in [1.807, 2.05) is 19.1 Å². The van der Waals surface area contributed by atoms with Crippen molar-refractivity contribution in [1.29, 1.82) is 0 Å². The highest BCUT2D eigenvalue weighted by molar-refractivity contribution is 7.92. The topological polar surface area (TPSA) is 84.5 Å². The van der Waals surface area contributed by atoms with E-state index in [1.165, 1.54) is 42.5 Å². The van der Waals surface area contributed by atoms with Crippen molar-refractivity contribution < 1.29 is 22.3 Å². The van der Waals surface area contributed by atoms with Crippen LogP contribution in [0.3, 0.4) is 0 Å². The van der Waals surface area contributed by atoms with E-state index in [2.05, 4.69) is 10.0 Å². The van der Waals surface area contributed by atoms with Gasteiger partial charge in [0.25, 0.3) is 15.9 Å². The number of anilines is 2. The summed E-state index contributed by atoms with van der Waals surface area (Å²) in [6, 6.07) is 18.4. The molecule has 0 heterocycles. The van der Waals surface area contributed by atoms with E-state index in [-0.39, 0.29) is 16.5 Å². The molecule has 0 aliphatic rings. The van der Waals surface area contributed by atoms with Crippen LogP contribution in [0.4, 0.5) is 15.8 Å². The fourth-order valence-corrected chi connectivity index (χ4v) is 3.65. The van der Waals surface area contributed by atoms with E-state index >= 15 is 0 Å². The van der Waals surface area contributed by atoms with Gasteiger partial charge < -0.3 is 10.1 Å². The molecule has 0 fully saturated rings. The van der Waals surface area contributed by atoms with Gasteiger partial charge in [0.05, 0.1) is 10.6 Å². The minimum Gasteiger partial charge on any atom is -0.481 e. The van der Waals surface area contributed by atoms with Crippen LogP contribution >= 0.6 is 0 Å². The number of nitrogens with one attached hydrogen (secondary N) is 2. The van der Waals surface area contributed by atoms with Crippen molar-refractivity contribution in [2.24, 2.45) is 0 Å². The first-order chi connectivity index (χ1) is 14.2. The number of rotatable bonds is 7. The third kappa shape index (κ3) is 5.36. The first-order valence-electron chi connectivity index (χ1n) is 9.16. The molecule has 0 saturated carbocycles. The average molecular weight is 428 g/mol. The summed E-state index contributed by atoms with van der Waals surface area (Å²) in [7, 11) is -3.97. The predicted molar refractivity (Wildman–Crippen MR) is 114 cm³/mol. The number of hydrogen-bond donors (Lipinski definition) is 2. The predicted octanol–water partition coefficient (Wildman–Crippen LogP) is 4.34. The van der Waals surface area contributed by atoms with E-state index in [0.717, 1.165) is 11.6 Å². The van der Waals surface area contributed by atoms with Crippen molar-refractivity contribution in [3.8, 4) is 5.75 Å². The van der Waals surface area contributed by atoms with Crippen LogP contribution in [0.25, 0.3) is 0 Å². The highest BCUT2D eigenvalue weighted by Crippen LogP contribution is 2.21. The molecule has 0 aliphatic heterocycles. The number of benzene rings is 3. The molecule has 1 atom stereocenters. The van der Waals surface area contributed by atoms with Gasteiger partial charge in [-0.1, -0.05) is 29.8 Å². The molecule has 156 valence electrons. The minimum absolute atomic E-state index is 0.0623. The lowest BCUT2D eigenvalue weighted by Gasteiger charge is -2.15. The lowest BCUT2D eigenvalue weighted by molar-refractivity contribution is -0.122. The van der Waals surface area contributed by atoms with Gasteiger partial charge in [0.1, 0.15) is 11.6 Å². The summed E-state index contributed by atoms with van der Waals surface area (Å²) < 4.78 is 46.4. The molecule has 6 nitrogen and oxygen atoms in total. The number of amides is 1. The monoisotopic (exact) mass is 428 g/mol. The molecule has 2 N–H and O–H groups in total. The number of hydrogen-bond acceptors (Lipinski definition) is 4. The smallest absolute Gasteiger partial charge is 0.265 e. The molecule has 0 aromatic heterocycles. The van der Waals surface area contributed by atoms with E-state index < -0.39 is 21.9 Å². The Kier molecular flexibility index (Phi) is 6.37. The molecule has 0 radical (unpaired) electrons. The van der Waals surface area contributed by atoms with Crippen molar-refractivity contribution >= 4 is 27.3 Å². The fraction of sp³-hybridized carbons (Fsp3) is 0.136. The van der Waals surface area contributed by atoms with Crippen LogP contribution < -0.4 is 14.8 Å². The number of para-hydroxylation sites is 1. The van der Waals surface area contributed by atoms with Crippen LogP contribution in [0, 0.1) is 12.7 Å². The minimum atomic E-state index is -3.97. The largest absolute Gasteiger partial charge is 0.481 e. The molecule has 30 heavy (non-hydrogen) atoms. The van der Waals surface area contributed by atoms with Gasteiger partial charge in [-0.15, -0.1) is 0 Å². The third-order valence-corrected chi connectivity index (χ3v) is 5.63. The van der Waals surface area contributed by atoms with Gasteiger partial charge in [0, 0.05) is 5.69 Å². The summed E-state index contributed by atoms with van der Waals surface area (Å²) in [6.45, 7) is 3.57. The lowest BCUT2D eigenvalue weighted by Crippen LogP contribution is -2.30. The van der Waals surface area contributed by atoms with E-state index in [1.54, 1.807) is 19.1 Å². The summed E-state index contributed by atoms with van der Waals surface area (Å²) in [5.74, 6) is -0.480. The Morgan fingerprint density at radius 3 is 2.23 bits per heavy atom. The number of aryl methyl sites for hydroxylation is 1. The van der Waals surface area contributed by atoms with Gasteiger partial charge >= 0.3 is 0 Å². The number of sulfonamides is 1. The summed E-state index contributed by atoms with van der Waals surface area (Å²) in [6.07, 6.45) is -0.751. The van der Waals surface area contributed by atoms with Crippen molar-refractivity contribution in [3.05, 3.63) is 84.2 Å². The summed E-state index contributed by atoms with van der Waals surface area (Å²) >= 11 is 0. The van der Waals surface area contributed by atoms with E-state index in [4.69, 9.17) is 4.74 Å². The quantitative estimate of drug-likeness (QED) is 0.586. The molecule has 0 saturated heterocycles. The van der Waals surface area contributed by atoms with Crippen LogP contribution in [-0.2, 0) is 14.8 Å². The lowest BCUT2D eigenvalue weighted by atomic mass is 10.2. The van der Waals surface area contributed by atoms with Crippen LogP contribution in [0.15, 0.2) is 77.7 Å². The standard InChI is InChI=1S/C22H21FN2O4S/c1-15-7-11-18(12-8-15)29-16(2)22(26)24-17-9-13-19(14-10-17)30(27,28)25-21-6-4-3-5-20(21)23/h3-14,16,25H,1-2H3,(H,24,26)/t16-/m0/s1. The average Bonchev–Trinajstić information content (AvgIpc) is 2.71. The molecule has 0 unspecified atom stereocenters. The molecule has 1 amide bonds. The normalized spacial score (nSPS) is 12.1. The van der Waals surface area contributed by atoms with Crippen LogP contribution in [-0.4, -0.2) is 20.4 Å². The molecule has 0 spiro atoms.